The molecule has 1 atom stereocenters. The molecule has 164 valence electrons. The third-order valence-corrected chi connectivity index (χ3v) is 7.12. The lowest BCUT2D eigenvalue weighted by atomic mass is 10.1. The molecule has 1 aliphatic carbocycles. The summed E-state index contributed by atoms with van der Waals surface area (Å²) in [5, 5.41) is 3.45. The first-order valence-corrected chi connectivity index (χ1v) is 11.2. The Labute approximate surface area is 182 Å². The monoisotopic (exact) mass is 470 g/mol. The van der Waals surface area contributed by atoms with Gasteiger partial charge in [0.25, 0.3) is 10.0 Å². The van der Waals surface area contributed by atoms with E-state index in [0.29, 0.717) is 17.7 Å². The number of benzene rings is 2. The summed E-state index contributed by atoms with van der Waals surface area (Å²) in [5.74, 6) is -0.378. The van der Waals surface area contributed by atoms with Gasteiger partial charge in [-0.2, -0.15) is 0 Å². The number of halogens is 4. The smallest absolute Gasteiger partial charge is 0.406 e. The Bertz CT molecular complexity index is 1220. The predicted molar refractivity (Wildman–Crippen MR) is 111 cm³/mol. The summed E-state index contributed by atoms with van der Waals surface area (Å²) in [7, 11) is -2.20. The van der Waals surface area contributed by atoms with Crippen LogP contribution in [0, 0.1) is 0 Å². The van der Waals surface area contributed by atoms with Crippen LogP contribution in [-0.4, -0.2) is 25.8 Å². The summed E-state index contributed by atoms with van der Waals surface area (Å²) in [4.78, 5) is 0.0213. The number of alkyl halides is 3. The van der Waals surface area contributed by atoms with Crippen LogP contribution in [0.25, 0.3) is 11.3 Å². The van der Waals surface area contributed by atoms with Gasteiger partial charge < -0.3 is 10.1 Å². The van der Waals surface area contributed by atoms with Crippen LogP contribution < -0.4 is 10.1 Å². The molecular weight excluding hydrogens is 453 g/mol. The van der Waals surface area contributed by atoms with Crippen molar-refractivity contribution in [2.45, 2.75) is 30.1 Å². The Morgan fingerprint density at radius 1 is 1.16 bits per heavy atom. The summed E-state index contributed by atoms with van der Waals surface area (Å²) in [6, 6.07) is 11.1. The first-order chi connectivity index (χ1) is 14.6. The van der Waals surface area contributed by atoms with Gasteiger partial charge in [-0.25, -0.2) is 12.4 Å². The molecule has 5 nitrogen and oxygen atoms in total. The molecule has 31 heavy (non-hydrogen) atoms. The van der Waals surface area contributed by atoms with Crippen LogP contribution in [0.5, 0.6) is 5.75 Å². The number of rotatable bonds is 5. The van der Waals surface area contributed by atoms with E-state index in [0.717, 1.165) is 17.5 Å². The number of nitrogens with zero attached hydrogens (tertiary/aromatic N) is 1. The minimum atomic E-state index is -4.81. The molecule has 0 radical (unpaired) electrons. The summed E-state index contributed by atoms with van der Waals surface area (Å²) in [5.41, 5.74) is 2.58. The molecule has 2 aromatic carbocycles. The molecule has 3 aromatic rings. The van der Waals surface area contributed by atoms with Crippen LogP contribution in [0.4, 0.5) is 13.2 Å². The Morgan fingerprint density at radius 2 is 1.87 bits per heavy atom. The molecule has 0 bridgehead atoms. The topological polar surface area (TPSA) is 60.3 Å². The molecule has 4 rings (SSSR count). The van der Waals surface area contributed by atoms with E-state index in [1.807, 2.05) is 0 Å². The number of hydrogen-bond donors (Lipinski definition) is 1. The van der Waals surface area contributed by atoms with Gasteiger partial charge in [0.05, 0.1) is 10.6 Å². The van der Waals surface area contributed by atoms with Gasteiger partial charge in [0.2, 0.25) is 0 Å². The van der Waals surface area contributed by atoms with Gasteiger partial charge in [0.1, 0.15) is 5.75 Å². The van der Waals surface area contributed by atoms with Crippen LogP contribution in [-0.2, 0) is 16.4 Å². The zero-order valence-electron chi connectivity index (χ0n) is 16.3. The van der Waals surface area contributed by atoms with Crippen molar-refractivity contribution < 1.29 is 26.3 Å². The fourth-order valence-corrected chi connectivity index (χ4v) is 5.61. The third kappa shape index (κ3) is 4.17. The van der Waals surface area contributed by atoms with Crippen molar-refractivity contribution in [2.24, 2.45) is 0 Å². The third-order valence-electron chi connectivity index (χ3n) is 5.23. The highest BCUT2D eigenvalue weighted by Gasteiger charge is 2.33. The summed E-state index contributed by atoms with van der Waals surface area (Å²) in [6.45, 7) is 0. The van der Waals surface area contributed by atoms with E-state index in [2.05, 4.69) is 10.1 Å². The van der Waals surface area contributed by atoms with Crippen molar-refractivity contribution in [3.05, 3.63) is 70.9 Å². The Kier molecular flexibility index (Phi) is 5.53. The highest BCUT2D eigenvalue weighted by Crippen LogP contribution is 2.41. The second kappa shape index (κ2) is 7.89. The van der Waals surface area contributed by atoms with Crippen molar-refractivity contribution in [2.75, 3.05) is 7.05 Å². The average molecular weight is 471 g/mol. The van der Waals surface area contributed by atoms with Crippen LogP contribution in [0.3, 0.4) is 0 Å². The average Bonchev–Trinajstić information content (AvgIpc) is 3.27. The van der Waals surface area contributed by atoms with E-state index >= 15 is 0 Å². The zero-order chi connectivity index (χ0) is 22.4. The molecular formula is C21H18ClF3N2O3S. The molecule has 1 N–H and O–H groups in total. The van der Waals surface area contributed by atoms with E-state index in [9.17, 15) is 21.6 Å². The summed E-state index contributed by atoms with van der Waals surface area (Å²) >= 11 is 6.00. The Balaban J connectivity index is 1.86. The van der Waals surface area contributed by atoms with Crippen molar-refractivity contribution >= 4 is 21.6 Å². The van der Waals surface area contributed by atoms with E-state index in [-0.39, 0.29) is 21.7 Å². The van der Waals surface area contributed by atoms with Gasteiger partial charge in [0.15, 0.2) is 0 Å². The number of fused-ring (bicyclic) bond motifs is 1. The standard InChI is InChI=1S/C21H18ClF3N2O3S/c1-26-19-10-9-17-18(19)12-27(31(28,29)16-4-2-3-14(22)11-16)20(17)13-5-7-15(8-6-13)30-21(23,24)25/h2-8,11-12,19,26H,9-10H2,1H3. The van der Waals surface area contributed by atoms with Crippen LogP contribution in [0.15, 0.2) is 59.6 Å². The first kappa shape index (κ1) is 21.7. The Morgan fingerprint density at radius 3 is 2.48 bits per heavy atom. The van der Waals surface area contributed by atoms with Gasteiger partial charge >= 0.3 is 6.36 Å². The summed E-state index contributed by atoms with van der Waals surface area (Å²) in [6.07, 6.45) is -1.80. The second-order valence-corrected chi connectivity index (χ2v) is 9.37. The fourth-order valence-electron chi connectivity index (χ4n) is 3.89. The Hall–Kier alpha value is -2.49. The maximum Gasteiger partial charge on any atom is 0.573 e. The maximum atomic E-state index is 13.4. The minimum absolute atomic E-state index is 0.0163. The molecule has 0 spiro atoms. The SMILES string of the molecule is CNC1CCc2c1cn(S(=O)(=O)c1cccc(Cl)c1)c2-c1ccc(OC(F)(F)F)cc1. The molecule has 10 heteroatoms. The number of nitrogens with one attached hydrogen (secondary N) is 1. The van der Waals surface area contributed by atoms with Crippen molar-refractivity contribution in [1.29, 1.82) is 0 Å². The van der Waals surface area contributed by atoms with Crippen molar-refractivity contribution in [3.8, 4) is 17.0 Å². The molecule has 1 unspecified atom stereocenters. The largest absolute Gasteiger partial charge is 0.573 e. The molecule has 0 saturated heterocycles. The lowest BCUT2D eigenvalue weighted by Crippen LogP contribution is -2.17. The molecule has 1 heterocycles. The molecule has 0 fully saturated rings. The first-order valence-electron chi connectivity index (χ1n) is 9.39. The van der Waals surface area contributed by atoms with Gasteiger partial charge in [0, 0.05) is 17.3 Å². The molecule has 1 aromatic heterocycles. The highest BCUT2D eigenvalue weighted by atomic mass is 35.5. The van der Waals surface area contributed by atoms with Crippen LogP contribution in [0.2, 0.25) is 5.02 Å². The normalized spacial score (nSPS) is 16.4. The van der Waals surface area contributed by atoms with Gasteiger partial charge in [-0.3, -0.25) is 0 Å². The summed E-state index contributed by atoms with van der Waals surface area (Å²) < 4.78 is 69.5. The molecule has 0 aliphatic heterocycles. The predicted octanol–water partition coefficient (Wildman–Crippen LogP) is 5.15. The van der Waals surface area contributed by atoms with Crippen LogP contribution >= 0.6 is 11.6 Å². The highest BCUT2D eigenvalue weighted by molar-refractivity contribution is 7.90. The van der Waals surface area contributed by atoms with Crippen LogP contribution in [0.1, 0.15) is 23.6 Å². The van der Waals surface area contributed by atoms with Crippen molar-refractivity contribution in [3.63, 3.8) is 0 Å². The van der Waals surface area contributed by atoms with Gasteiger partial charge in [-0.05, 0) is 79.0 Å². The quantitative estimate of drug-likeness (QED) is 0.560. The van der Waals surface area contributed by atoms with E-state index in [4.69, 9.17) is 11.6 Å². The van der Waals surface area contributed by atoms with E-state index < -0.39 is 16.4 Å². The van der Waals surface area contributed by atoms with E-state index in [1.54, 1.807) is 25.4 Å². The molecule has 0 amide bonds. The lowest BCUT2D eigenvalue weighted by molar-refractivity contribution is -0.274. The molecule has 1 aliphatic rings. The van der Waals surface area contributed by atoms with E-state index in [1.165, 1.54) is 40.4 Å². The maximum absolute atomic E-state index is 13.4. The lowest BCUT2D eigenvalue weighted by Gasteiger charge is -2.14. The number of ether oxygens (including phenoxy) is 1. The number of aromatic nitrogens is 1. The van der Waals surface area contributed by atoms with Crippen molar-refractivity contribution in [1.82, 2.24) is 9.29 Å². The number of hydrogen-bond acceptors (Lipinski definition) is 4. The fraction of sp³-hybridized carbons (Fsp3) is 0.238. The zero-order valence-corrected chi connectivity index (χ0v) is 17.9. The minimum Gasteiger partial charge on any atom is -0.406 e. The molecule has 0 saturated carbocycles. The van der Waals surface area contributed by atoms with Gasteiger partial charge in [-0.1, -0.05) is 17.7 Å². The van der Waals surface area contributed by atoms with Gasteiger partial charge in [-0.15, -0.1) is 13.2 Å². The second-order valence-electron chi connectivity index (χ2n) is 7.12.